The van der Waals surface area contributed by atoms with Gasteiger partial charge in [0, 0.05) is 24.9 Å². The Hall–Kier alpha value is -1.01. The summed E-state index contributed by atoms with van der Waals surface area (Å²) < 4.78 is 0. The third-order valence-corrected chi connectivity index (χ3v) is 3.66. The molecule has 5 nitrogen and oxygen atoms in total. The molecule has 1 atom stereocenters. The molecule has 1 rings (SSSR count). The lowest BCUT2D eigenvalue weighted by molar-refractivity contribution is -0.384. The zero-order chi connectivity index (χ0) is 13.7. The highest BCUT2D eigenvalue weighted by atomic mass is 35.5. The molecule has 0 aliphatic heterocycles. The molecular weight excluding hydrogens is 274 g/mol. The molecule has 0 saturated heterocycles. The highest BCUT2D eigenvalue weighted by Crippen LogP contribution is 2.29. The van der Waals surface area contributed by atoms with E-state index in [1.54, 1.807) is 11.8 Å². The van der Waals surface area contributed by atoms with E-state index in [2.05, 4.69) is 4.98 Å². The Labute approximate surface area is 116 Å². The van der Waals surface area contributed by atoms with E-state index in [0.717, 1.165) is 12.2 Å². The number of nitrogens with zero attached hydrogens (tertiary/aromatic N) is 3. The highest BCUT2D eigenvalue weighted by molar-refractivity contribution is 7.98. The fourth-order valence-corrected chi connectivity index (χ4v) is 2.68. The molecule has 1 aromatic heterocycles. The number of pyridine rings is 1. The van der Waals surface area contributed by atoms with Crippen LogP contribution in [0.2, 0.25) is 5.15 Å². The summed E-state index contributed by atoms with van der Waals surface area (Å²) in [6.07, 6.45) is 2.90. The van der Waals surface area contributed by atoms with Gasteiger partial charge in [-0.25, -0.2) is 4.98 Å². The van der Waals surface area contributed by atoms with E-state index < -0.39 is 4.92 Å². The Morgan fingerprint density at radius 1 is 1.61 bits per heavy atom. The molecule has 0 radical (unpaired) electrons. The SMILES string of the molecule is CCC(CSC)N(C)c1nc(Cl)ccc1[N+](=O)[O-]. The largest absolute Gasteiger partial charge is 0.350 e. The normalized spacial score (nSPS) is 12.2. The minimum Gasteiger partial charge on any atom is -0.350 e. The standard InChI is InChI=1S/C11H16ClN3O2S/c1-4-8(7-18-3)14(2)11-9(15(16)17)5-6-10(12)13-11/h5-6,8H,4,7H2,1-3H3. The van der Waals surface area contributed by atoms with Crippen molar-refractivity contribution < 1.29 is 4.92 Å². The number of rotatable bonds is 6. The second-order valence-electron chi connectivity index (χ2n) is 3.86. The van der Waals surface area contributed by atoms with E-state index in [9.17, 15) is 10.1 Å². The van der Waals surface area contributed by atoms with Gasteiger partial charge in [0.15, 0.2) is 0 Å². The van der Waals surface area contributed by atoms with Crippen molar-refractivity contribution in [1.82, 2.24) is 4.98 Å². The summed E-state index contributed by atoms with van der Waals surface area (Å²) in [5, 5.41) is 11.3. The monoisotopic (exact) mass is 289 g/mol. The minimum absolute atomic E-state index is 0.0125. The second kappa shape index (κ2) is 6.80. The molecular formula is C11H16ClN3O2S. The van der Waals surface area contributed by atoms with Crippen molar-refractivity contribution in [2.75, 3.05) is 24.0 Å². The number of hydrogen-bond donors (Lipinski definition) is 0. The Balaban J connectivity index is 3.13. The molecule has 0 saturated carbocycles. The van der Waals surface area contributed by atoms with Gasteiger partial charge in [-0.15, -0.1) is 0 Å². The molecule has 1 unspecified atom stereocenters. The summed E-state index contributed by atoms with van der Waals surface area (Å²) in [5.41, 5.74) is -0.0125. The van der Waals surface area contributed by atoms with Crippen molar-refractivity contribution in [2.24, 2.45) is 0 Å². The summed E-state index contributed by atoms with van der Waals surface area (Å²) in [6, 6.07) is 3.03. The number of halogens is 1. The zero-order valence-corrected chi connectivity index (χ0v) is 12.2. The first-order valence-electron chi connectivity index (χ1n) is 5.54. The molecule has 0 spiro atoms. The van der Waals surface area contributed by atoms with Crippen LogP contribution >= 0.6 is 23.4 Å². The third-order valence-electron chi connectivity index (χ3n) is 2.73. The molecule has 18 heavy (non-hydrogen) atoms. The van der Waals surface area contributed by atoms with Gasteiger partial charge in [-0.05, 0) is 18.7 Å². The summed E-state index contributed by atoms with van der Waals surface area (Å²) in [7, 11) is 1.82. The van der Waals surface area contributed by atoms with Crippen LogP contribution in [0.1, 0.15) is 13.3 Å². The predicted molar refractivity (Wildman–Crippen MR) is 76.8 cm³/mol. The molecule has 1 aromatic rings. The lowest BCUT2D eigenvalue weighted by atomic mass is 10.2. The summed E-state index contributed by atoms with van der Waals surface area (Å²) in [5.74, 6) is 1.21. The number of nitro groups is 1. The summed E-state index contributed by atoms with van der Waals surface area (Å²) in [4.78, 5) is 16.5. The first kappa shape index (κ1) is 15.0. The van der Waals surface area contributed by atoms with Crippen LogP contribution < -0.4 is 4.90 Å². The van der Waals surface area contributed by atoms with Crippen LogP contribution in [0.5, 0.6) is 0 Å². The van der Waals surface area contributed by atoms with Gasteiger partial charge in [0.2, 0.25) is 5.82 Å². The van der Waals surface area contributed by atoms with Crippen LogP contribution in [0, 0.1) is 10.1 Å². The average Bonchev–Trinajstić information content (AvgIpc) is 2.34. The average molecular weight is 290 g/mol. The number of aromatic nitrogens is 1. The summed E-state index contributed by atoms with van der Waals surface area (Å²) in [6.45, 7) is 2.05. The van der Waals surface area contributed by atoms with Crippen LogP contribution in [-0.2, 0) is 0 Å². The van der Waals surface area contributed by atoms with E-state index in [0.29, 0.717) is 5.82 Å². The topological polar surface area (TPSA) is 59.3 Å². The maximum absolute atomic E-state index is 11.0. The van der Waals surface area contributed by atoms with Gasteiger partial charge >= 0.3 is 5.69 Å². The molecule has 1 heterocycles. The summed E-state index contributed by atoms with van der Waals surface area (Å²) >= 11 is 7.53. The lowest BCUT2D eigenvalue weighted by Crippen LogP contribution is -2.34. The van der Waals surface area contributed by atoms with Crippen molar-refractivity contribution in [2.45, 2.75) is 19.4 Å². The molecule has 100 valence electrons. The zero-order valence-electron chi connectivity index (χ0n) is 10.6. The minimum atomic E-state index is -0.430. The van der Waals surface area contributed by atoms with Crippen LogP contribution in [0.15, 0.2) is 12.1 Å². The molecule has 0 N–H and O–H groups in total. The van der Waals surface area contributed by atoms with E-state index in [-0.39, 0.29) is 16.9 Å². The Bertz CT molecular complexity index is 431. The highest BCUT2D eigenvalue weighted by Gasteiger charge is 2.23. The van der Waals surface area contributed by atoms with Gasteiger partial charge in [-0.2, -0.15) is 11.8 Å². The maximum Gasteiger partial charge on any atom is 0.311 e. The van der Waals surface area contributed by atoms with Crippen molar-refractivity contribution >= 4 is 34.9 Å². The Kier molecular flexibility index (Phi) is 5.68. The van der Waals surface area contributed by atoms with Gasteiger partial charge in [0.25, 0.3) is 0 Å². The molecule has 0 amide bonds. The van der Waals surface area contributed by atoms with Crippen LogP contribution in [0.25, 0.3) is 0 Å². The van der Waals surface area contributed by atoms with Gasteiger partial charge in [0.05, 0.1) is 4.92 Å². The van der Waals surface area contributed by atoms with Crippen molar-refractivity contribution in [3.05, 3.63) is 27.4 Å². The van der Waals surface area contributed by atoms with Gasteiger partial charge in [0.1, 0.15) is 5.15 Å². The first-order valence-corrected chi connectivity index (χ1v) is 7.31. The Morgan fingerprint density at radius 3 is 2.78 bits per heavy atom. The number of hydrogen-bond acceptors (Lipinski definition) is 5. The van der Waals surface area contributed by atoms with E-state index in [1.807, 2.05) is 25.1 Å². The van der Waals surface area contributed by atoms with E-state index in [1.165, 1.54) is 12.1 Å². The van der Waals surface area contributed by atoms with Crippen LogP contribution in [0.4, 0.5) is 11.5 Å². The van der Waals surface area contributed by atoms with E-state index in [4.69, 9.17) is 11.6 Å². The molecule has 0 aliphatic carbocycles. The van der Waals surface area contributed by atoms with Crippen molar-refractivity contribution in [3.63, 3.8) is 0 Å². The molecule has 0 bridgehead atoms. The molecule has 0 aromatic carbocycles. The molecule has 7 heteroatoms. The lowest BCUT2D eigenvalue weighted by Gasteiger charge is -2.27. The van der Waals surface area contributed by atoms with Crippen LogP contribution in [0.3, 0.4) is 0 Å². The van der Waals surface area contributed by atoms with Gasteiger partial charge < -0.3 is 4.90 Å². The fraction of sp³-hybridized carbons (Fsp3) is 0.545. The quantitative estimate of drug-likeness (QED) is 0.457. The van der Waals surface area contributed by atoms with Crippen molar-refractivity contribution in [3.8, 4) is 0 Å². The van der Waals surface area contributed by atoms with Gasteiger partial charge in [-0.1, -0.05) is 18.5 Å². The molecule has 0 aliphatic rings. The van der Waals surface area contributed by atoms with E-state index >= 15 is 0 Å². The third kappa shape index (κ3) is 3.49. The van der Waals surface area contributed by atoms with Crippen LogP contribution in [-0.4, -0.2) is 35.0 Å². The smallest absolute Gasteiger partial charge is 0.311 e. The maximum atomic E-state index is 11.0. The molecule has 0 fully saturated rings. The number of anilines is 1. The fourth-order valence-electron chi connectivity index (χ4n) is 1.69. The van der Waals surface area contributed by atoms with Gasteiger partial charge in [-0.3, -0.25) is 10.1 Å². The Morgan fingerprint density at radius 2 is 2.28 bits per heavy atom. The first-order chi connectivity index (χ1) is 8.51. The van der Waals surface area contributed by atoms with Crippen molar-refractivity contribution in [1.29, 1.82) is 0 Å². The predicted octanol–water partition coefficient (Wildman–Crippen LogP) is 3.22. The number of thioether (sulfide) groups is 1. The second-order valence-corrected chi connectivity index (χ2v) is 5.16.